The summed E-state index contributed by atoms with van der Waals surface area (Å²) in [7, 11) is 0. The summed E-state index contributed by atoms with van der Waals surface area (Å²) < 4.78 is 6.62. The minimum Gasteiger partial charge on any atom is -0.494 e. The molecule has 1 nitrogen and oxygen atoms in total. The number of unbranched alkanes of at least 4 members (excludes halogenated alkanes) is 1. The summed E-state index contributed by atoms with van der Waals surface area (Å²) >= 11 is 3.43. The average Bonchev–Trinajstić information content (AvgIpc) is 2.17. The van der Waals surface area contributed by atoms with Gasteiger partial charge >= 0.3 is 0 Å². The molecule has 0 aliphatic rings. The van der Waals surface area contributed by atoms with Gasteiger partial charge in [-0.05, 0) is 30.2 Å². The van der Waals surface area contributed by atoms with Crippen LogP contribution in [0.5, 0.6) is 5.75 Å². The van der Waals surface area contributed by atoms with Crippen LogP contribution >= 0.6 is 15.9 Å². The minimum atomic E-state index is 0.781. The van der Waals surface area contributed by atoms with Gasteiger partial charge in [-0.3, -0.25) is 0 Å². The Morgan fingerprint density at radius 2 is 2.21 bits per heavy atom. The molecule has 14 heavy (non-hydrogen) atoms. The van der Waals surface area contributed by atoms with E-state index in [0.717, 1.165) is 35.2 Å². The first-order chi connectivity index (χ1) is 6.76. The van der Waals surface area contributed by atoms with Gasteiger partial charge in [0.25, 0.3) is 0 Å². The molecule has 0 heterocycles. The molecule has 0 fully saturated rings. The Labute approximate surface area is 93.9 Å². The predicted molar refractivity (Wildman–Crippen MR) is 64.6 cm³/mol. The predicted octanol–water partition coefficient (Wildman–Crippen LogP) is 4.27. The lowest BCUT2D eigenvalue weighted by Gasteiger charge is -2.06. The fraction of sp³-hybridized carbons (Fsp3) is 0.333. The van der Waals surface area contributed by atoms with Crippen LogP contribution in [0.2, 0.25) is 0 Å². The molecule has 0 saturated carbocycles. The lowest BCUT2D eigenvalue weighted by Crippen LogP contribution is -1.96. The molecule has 0 unspecified atom stereocenters. The highest BCUT2D eigenvalue weighted by Gasteiger charge is 1.97. The van der Waals surface area contributed by atoms with Crippen LogP contribution < -0.4 is 4.74 Å². The van der Waals surface area contributed by atoms with Crippen LogP contribution in [0.1, 0.15) is 25.3 Å². The molecule has 0 bridgehead atoms. The smallest absolute Gasteiger partial charge is 0.121 e. The fourth-order valence-electron chi connectivity index (χ4n) is 1.12. The standard InChI is InChI=1S/C12H15BrO/c1-3-5-6-14-12-8-10(4-2)7-11(13)9-12/h4,7-9H,2-3,5-6H2,1H3. The van der Waals surface area contributed by atoms with E-state index in [2.05, 4.69) is 29.4 Å². The van der Waals surface area contributed by atoms with Gasteiger partial charge in [-0.25, -0.2) is 0 Å². The quantitative estimate of drug-likeness (QED) is 0.714. The van der Waals surface area contributed by atoms with Crippen molar-refractivity contribution >= 4 is 22.0 Å². The van der Waals surface area contributed by atoms with Crippen molar-refractivity contribution in [1.82, 2.24) is 0 Å². The van der Waals surface area contributed by atoms with Gasteiger partial charge < -0.3 is 4.74 Å². The van der Waals surface area contributed by atoms with Gasteiger partial charge in [0.1, 0.15) is 5.75 Å². The Kier molecular flexibility index (Phi) is 4.74. The lowest BCUT2D eigenvalue weighted by atomic mass is 10.2. The number of hydrogen-bond acceptors (Lipinski definition) is 1. The largest absolute Gasteiger partial charge is 0.494 e. The van der Waals surface area contributed by atoms with Crippen molar-refractivity contribution in [2.24, 2.45) is 0 Å². The average molecular weight is 255 g/mol. The summed E-state index contributed by atoms with van der Waals surface area (Å²) in [5.41, 5.74) is 1.07. The molecule has 0 atom stereocenters. The van der Waals surface area contributed by atoms with Crippen molar-refractivity contribution in [2.45, 2.75) is 19.8 Å². The molecule has 0 aliphatic carbocycles. The summed E-state index contributed by atoms with van der Waals surface area (Å²) in [5, 5.41) is 0. The molecule has 1 rings (SSSR count). The Balaban J connectivity index is 2.66. The Bertz CT molecular complexity index is 307. The second-order valence-corrected chi connectivity index (χ2v) is 4.04. The molecule has 0 amide bonds. The van der Waals surface area contributed by atoms with Crippen molar-refractivity contribution < 1.29 is 4.74 Å². The summed E-state index contributed by atoms with van der Waals surface area (Å²) in [4.78, 5) is 0. The van der Waals surface area contributed by atoms with Gasteiger partial charge in [0.2, 0.25) is 0 Å². The number of rotatable bonds is 5. The summed E-state index contributed by atoms with van der Waals surface area (Å²) in [6, 6.07) is 5.98. The molecule has 2 heteroatoms. The monoisotopic (exact) mass is 254 g/mol. The first-order valence-corrected chi connectivity index (χ1v) is 5.61. The molecule has 0 spiro atoms. The van der Waals surface area contributed by atoms with E-state index in [0.29, 0.717) is 0 Å². The maximum atomic E-state index is 5.59. The highest BCUT2D eigenvalue weighted by atomic mass is 79.9. The third-order valence-corrected chi connectivity index (χ3v) is 2.35. The Morgan fingerprint density at radius 3 is 2.86 bits per heavy atom. The van der Waals surface area contributed by atoms with E-state index in [1.165, 1.54) is 0 Å². The maximum absolute atomic E-state index is 5.59. The SMILES string of the molecule is C=Cc1cc(Br)cc(OCCCC)c1. The zero-order valence-corrected chi connectivity index (χ0v) is 10.0. The third kappa shape index (κ3) is 3.54. The third-order valence-electron chi connectivity index (χ3n) is 1.90. The molecule has 0 radical (unpaired) electrons. The van der Waals surface area contributed by atoms with Crippen molar-refractivity contribution in [3.63, 3.8) is 0 Å². The van der Waals surface area contributed by atoms with E-state index < -0.39 is 0 Å². The van der Waals surface area contributed by atoms with Crippen LogP contribution in [0.15, 0.2) is 29.3 Å². The second kappa shape index (κ2) is 5.86. The molecule has 0 N–H and O–H groups in total. The molecular formula is C12H15BrO. The molecule has 1 aromatic rings. The summed E-state index contributed by atoms with van der Waals surface area (Å²) in [6.45, 7) is 6.67. The number of ether oxygens (including phenoxy) is 1. The lowest BCUT2D eigenvalue weighted by molar-refractivity contribution is 0.309. The fourth-order valence-corrected chi connectivity index (χ4v) is 1.61. The van der Waals surface area contributed by atoms with Gasteiger partial charge in [-0.2, -0.15) is 0 Å². The van der Waals surface area contributed by atoms with E-state index in [4.69, 9.17) is 4.74 Å². The van der Waals surface area contributed by atoms with E-state index >= 15 is 0 Å². The zero-order valence-electron chi connectivity index (χ0n) is 8.42. The Hall–Kier alpha value is -0.760. The van der Waals surface area contributed by atoms with Crippen LogP contribution in [0.25, 0.3) is 6.08 Å². The van der Waals surface area contributed by atoms with Crippen molar-refractivity contribution in [3.8, 4) is 5.75 Å². The van der Waals surface area contributed by atoms with E-state index in [9.17, 15) is 0 Å². The van der Waals surface area contributed by atoms with Crippen molar-refractivity contribution in [1.29, 1.82) is 0 Å². The topological polar surface area (TPSA) is 9.23 Å². The normalized spacial score (nSPS) is 9.86. The number of benzene rings is 1. The van der Waals surface area contributed by atoms with Crippen LogP contribution in [-0.4, -0.2) is 6.61 Å². The van der Waals surface area contributed by atoms with Crippen LogP contribution in [0.3, 0.4) is 0 Å². The highest BCUT2D eigenvalue weighted by molar-refractivity contribution is 9.10. The molecule has 1 aromatic carbocycles. The summed E-state index contributed by atoms with van der Waals surface area (Å²) in [6.07, 6.45) is 4.07. The van der Waals surface area contributed by atoms with Gasteiger partial charge in [-0.15, -0.1) is 0 Å². The van der Waals surface area contributed by atoms with E-state index in [1.54, 1.807) is 0 Å². The van der Waals surface area contributed by atoms with Crippen LogP contribution in [0, 0.1) is 0 Å². The van der Waals surface area contributed by atoms with Gasteiger partial charge in [-0.1, -0.05) is 41.9 Å². The van der Waals surface area contributed by atoms with Crippen molar-refractivity contribution in [2.75, 3.05) is 6.61 Å². The first-order valence-electron chi connectivity index (χ1n) is 4.82. The number of halogens is 1. The highest BCUT2D eigenvalue weighted by Crippen LogP contribution is 2.22. The summed E-state index contributed by atoms with van der Waals surface area (Å²) in [5.74, 6) is 0.905. The molecule has 0 aliphatic heterocycles. The van der Waals surface area contributed by atoms with Crippen LogP contribution in [0.4, 0.5) is 0 Å². The molecule has 0 aromatic heterocycles. The van der Waals surface area contributed by atoms with E-state index in [1.807, 2.05) is 24.3 Å². The van der Waals surface area contributed by atoms with Crippen LogP contribution in [-0.2, 0) is 0 Å². The van der Waals surface area contributed by atoms with Gasteiger partial charge in [0.15, 0.2) is 0 Å². The number of hydrogen-bond donors (Lipinski definition) is 0. The first kappa shape index (κ1) is 11.3. The molecule has 76 valence electrons. The van der Waals surface area contributed by atoms with Gasteiger partial charge in [0.05, 0.1) is 6.61 Å². The zero-order chi connectivity index (χ0) is 10.4. The van der Waals surface area contributed by atoms with Crippen molar-refractivity contribution in [3.05, 3.63) is 34.8 Å². The van der Waals surface area contributed by atoms with Gasteiger partial charge in [0, 0.05) is 4.47 Å². The molecule has 0 saturated heterocycles. The Morgan fingerprint density at radius 1 is 1.43 bits per heavy atom. The second-order valence-electron chi connectivity index (χ2n) is 3.13. The molecular weight excluding hydrogens is 240 g/mol. The minimum absolute atomic E-state index is 0.781. The maximum Gasteiger partial charge on any atom is 0.121 e. The van der Waals surface area contributed by atoms with E-state index in [-0.39, 0.29) is 0 Å².